The lowest BCUT2D eigenvalue weighted by molar-refractivity contribution is 0.556. The summed E-state index contributed by atoms with van der Waals surface area (Å²) < 4.78 is 0. The Balaban J connectivity index is 0.000000370. The molecule has 0 heterocycles. The van der Waals surface area contributed by atoms with E-state index in [9.17, 15) is 0 Å². The van der Waals surface area contributed by atoms with E-state index < -0.39 is 0 Å². The highest BCUT2D eigenvalue weighted by Crippen LogP contribution is 2.40. The maximum Gasteiger partial charge on any atom is 0.0390 e. The van der Waals surface area contributed by atoms with Crippen molar-refractivity contribution in [3.63, 3.8) is 0 Å². The molecule has 1 nitrogen and oxygen atoms in total. The number of hydrogen-bond acceptors (Lipinski definition) is 1. The van der Waals surface area contributed by atoms with Crippen LogP contribution in [0.5, 0.6) is 0 Å². The maximum atomic E-state index is 3.60. The van der Waals surface area contributed by atoms with Crippen molar-refractivity contribution < 1.29 is 0 Å². The second kappa shape index (κ2) is 15.5. The van der Waals surface area contributed by atoms with Gasteiger partial charge >= 0.3 is 0 Å². The van der Waals surface area contributed by atoms with Gasteiger partial charge in [0, 0.05) is 16.8 Å². The van der Waals surface area contributed by atoms with Crippen LogP contribution in [-0.4, -0.2) is 0 Å². The number of aryl methyl sites for hydroxylation is 1. The highest BCUT2D eigenvalue weighted by molar-refractivity contribution is 5.86. The van der Waals surface area contributed by atoms with E-state index in [0.717, 1.165) is 17.8 Å². The first-order chi connectivity index (χ1) is 18.0. The highest BCUT2D eigenvalue weighted by Gasteiger charge is 2.30. The first kappa shape index (κ1) is 29.6. The average Bonchev–Trinajstić information content (AvgIpc) is 2.94. The molecular weight excluding hydrogens is 446 g/mol. The predicted molar refractivity (Wildman–Crippen MR) is 167 cm³/mol. The molecule has 37 heavy (non-hydrogen) atoms. The molecule has 1 heteroatoms. The van der Waals surface area contributed by atoms with Crippen molar-refractivity contribution in [2.75, 3.05) is 5.32 Å². The molecule has 1 N–H and O–H groups in total. The van der Waals surface area contributed by atoms with Crippen molar-refractivity contribution in [2.24, 2.45) is 0 Å². The molecule has 1 aliphatic rings. The van der Waals surface area contributed by atoms with Gasteiger partial charge in [-0.25, -0.2) is 0 Å². The third kappa shape index (κ3) is 8.50. The fourth-order valence-corrected chi connectivity index (χ4v) is 4.30. The van der Waals surface area contributed by atoms with E-state index in [4.69, 9.17) is 0 Å². The number of benzene rings is 4. The summed E-state index contributed by atoms with van der Waals surface area (Å²) in [6.07, 6.45) is 8.99. The van der Waals surface area contributed by atoms with Crippen LogP contribution < -0.4 is 5.32 Å². The van der Waals surface area contributed by atoms with E-state index in [1.807, 2.05) is 50.2 Å². The van der Waals surface area contributed by atoms with Gasteiger partial charge in [-0.05, 0) is 66.4 Å². The second-order valence-corrected chi connectivity index (χ2v) is 9.39. The molecule has 194 valence electrons. The lowest BCUT2D eigenvalue weighted by Gasteiger charge is -2.34. The second-order valence-electron chi connectivity index (χ2n) is 9.39. The van der Waals surface area contributed by atoms with Crippen LogP contribution in [-0.2, 0) is 5.41 Å². The number of hydrogen-bond donors (Lipinski definition) is 1. The minimum absolute atomic E-state index is 0.0694. The van der Waals surface area contributed by atoms with Gasteiger partial charge in [-0.15, -0.1) is 0 Å². The minimum Gasteiger partial charge on any atom is -0.356 e. The van der Waals surface area contributed by atoms with E-state index in [0.29, 0.717) is 0 Å². The molecule has 4 aromatic rings. The van der Waals surface area contributed by atoms with E-state index in [2.05, 4.69) is 119 Å². The van der Waals surface area contributed by atoms with Gasteiger partial charge in [0.25, 0.3) is 0 Å². The number of allylic oxidation sites excluding steroid dienone is 4. The van der Waals surface area contributed by atoms with Gasteiger partial charge < -0.3 is 5.32 Å². The molecule has 0 bridgehead atoms. The molecule has 1 unspecified atom stereocenters. The zero-order valence-corrected chi connectivity index (χ0v) is 23.9. The molecule has 4 aromatic carbocycles. The fourth-order valence-electron chi connectivity index (χ4n) is 4.30. The number of fused-ring (bicyclic) bond motifs is 1. The fraction of sp³-hybridized carbons (Fsp3) is 0.278. The van der Waals surface area contributed by atoms with Crippen molar-refractivity contribution >= 4 is 22.1 Å². The van der Waals surface area contributed by atoms with Crippen LogP contribution in [0.3, 0.4) is 0 Å². The van der Waals surface area contributed by atoms with Crippen LogP contribution in [0.4, 0.5) is 11.4 Å². The molecule has 1 atom stereocenters. The predicted octanol–water partition coefficient (Wildman–Crippen LogP) is 11.2. The van der Waals surface area contributed by atoms with Crippen LogP contribution in [0.2, 0.25) is 0 Å². The normalized spacial score (nSPS) is 15.6. The summed E-state index contributed by atoms with van der Waals surface area (Å²) in [5, 5.41) is 6.12. The molecule has 5 rings (SSSR count). The van der Waals surface area contributed by atoms with Gasteiger partial charge in [-0.3, -0.25) is 0 Å². The molecule has 1 aliphatic carbocycles. The third-order valence-electron chi connectivity index (χ3n) is 6.42. The van der Waals surface area contributed by atoms with Gasteiger partial charge in [0.15, 0.2) is 0 Å². The van der Waals surface area contributed by atoms with Crippen LogP contribution in [0.15, 0.2) is 121 Å². The summed E-state index contributed by atoms with van der Waals surface area (Å²) in [7, 11) is 0. The zero-order chi connectivity index (χ0) is 27.1. The topological polar surface area (TPSA) is 12.0 Å². The Morgan fingerprint density at radius 1 is 0.703 bits per heavy atom. The summed E-state index contributed by atoms with van der Waals surface area (Å²) in [5.74, 6) is 0. The Morgan fingerprint density at radius 2 is 1.24 bits per heavy atom. The molecule has 0 aliphatic heterocycles. The molecule has 0 radical (unpaired) electrons. The molecule has 0 amide bonds. The van der Waals surface area contributed by atoms with Crippen molar-refractivity contribution in [3.8, 4) is 0 Å². The van der Waals surface area contributed by atoms with Crippen molar-refractivity contribution in [2.45, 2.75) is 66.7 Å². The smallest absolute Gasteiger partial charge is 0.0390 e. The standard InChI is InChI=1S/C25H25N.C6H6.C3H8.C2H6/c1-18-11-13-23(17-24(18)25(3)15-7-6-8-19(25)2)26-22-14-12-20-9-4-5-10-21(20)16-22;1-2-4-6-5-3-1;1-3-2;1-2/h4-14,16-17,26H,15H2,1-3H3;1-6H;3H2,1-2H3;1-2H3. The highest BCUT2D eigenvalue weighted by atomic mass is 14.9. The molecular formula is C36H45N. The number of nitrogens with one attached hydrogen (secondary N) is 1. The quantitative estimate of drug-likeness (QED) is 0.300. The average molecular weight is 492 g/mol. The largest absolute Gasteiger partial charge is 0.356 e. The summed E-state index contributed by atoms with van der Waals surface area (Å²) in [5.41, 5.74) is 6.51. The van der Waals surface area contributed by atoms with Crippen LogP contribution >= 0.6 is 0 Å². The lowest BCUT2D eigenvalue weighted by Crippen LogP contribution is -2.25. The van der Waals surface area contributed by atoms with E-state index >= 15 is 0 Å². The maximum absolute atomic E-state index is 3.60. The molecule has 0 aromatic heterocycles. The minimum atomic E-state index is 0.0694. The third-order valence-corrected chi connectivity index (χ3v) is 6.42. The Morgan fingerprint density at radius 3 is 1.84 bits per heavy atom. The lowest BCUT2D eigenvalue weighted by atomic mass is 9.70. The van der Waals surface area contributed by atoms with Crippen LogP contribution in [0, 0.1) is 6.92 Å². The summed E-state index contributed by atoms with van der Waals surface area (Å²) in [4.78, 5) is 0. The number of anilines is 2. The van der Waals surface area contributed by atoms with Gasteiger partial charge in [0.2, 0.25) is 0 Å². The van der Waals surface area contributed by atoms with E-state index in [1.54, 1.807) is 0 Å². The van der Waals surface area contributed by atoms with Crippen molar-refractivity contribution in [1.29, 1.82) is 0 Å². The van der Waals surface area contributed by atoms with Crippen molar-refractivity contribution in [3.05, 3.63) is 132 Å². The first-order valence-electron chi connectivity index (χ1n) is 13.7. The first-order valence-corrected chi connectivity index (χ1v) is 13.7. The van der Waals surface area contributed by atoms with Crippen LogP contribution in [0.25, 0.3) is 10.8 Å². The molecule has 0 fully saturated rings. The Bertz CT molecular complexity index is 1240. The van der Waals surface area contributed by atoms with Crippen molar-refractivity contribution in [1.82, 2.24) is 0 Å². The summed E-state index contributed by atoms with van der Waals surface area (Å²) in [6.45, 7) is 15.1. The van der Waals surface area contributed by atoms with Crippen LogP contribution in [0.1, 0.15) is 65.5 Å². The molecule has 0 saturated heterocycles. The Labute approximate surface area is 226 Å². The zero-order valence-electron chi connectivity index (χ0n) is 23.9. The van der Waals surface area contributed by atoms with Gasteiger partial charge in [0.05, 0.1) is 0 Å². The summed E-state index contributed by atoms with van der Waals surface area (Å²) in [6, 6.07) is 33.7. The van der Waals surface area contributed by atoms with Gasteiger partial charge in [-0.2, -0.15) is 0 Å². The molecule has 0 saturated carbocycles. The monoisotopic (exact) mass is 491 g/mol. The summed E-state index contributed by atoms with van der Waals surface area (Å²) >= 11 is 0. The van der Waals surface area contributed by atoms with Gasteiger partial charge in [-0.1, -0.05) is 138 Å². The van der Waals surface area contributed by atoms with Gasteiger partial charge in [0.1, 0.15) is 0 Å². The van der Waals surface area contributed by atoms with E-state index in [-0.39, 0.29) is 5.41 Å². The molecule has 0 spiro atoms. The number of rotatable bonds is 3. The SMILES string of the molecule is CC.CC1=CC=CCC1(C)c1cc(Nc2ccc3ccccc3c2)ccc1C.CCC.c1ccccc1. The Hall–Kier alpha value is -3.58. The van der Waals surface area contributed by atoms with E-state index in [1.165, 1.54) is 33.9 Å². The Kier molecular flexibility index (Phi) is 12.4.